The zero-order chi connectivity index (χ0) is 19.7. The molecule has 1 aromatic carbocycles. The van der Waals surface area contributed by atoms with Crippen molar-refractivity contribution in [3.8, 4) is 5.75 Å². The molecule has 1 saturated heterocycles. The highest BCUT2D eigenvalue weighted by Gasteiger charge is 2.40. The Morgan fingerprint density at radius 3 is 2.56 bits per heavy atom. The predicted octanol–water partition coefficient (Wildman–Crippen LogP) is 3.06. The van der Waals surface area contributed by atoms with Gasteiger partial charge in [0.15, 0.2) is 0 Å². The van der Waals surface area contributed by atoms with Crippen LogP contribution in [0.2, 0.25) is 0 Å². The van der Waals surface area contributed by atoms with E-state index in [0.717, 1.165) is 0 Å². The smallest absolute Gasteiger partial charge is 0.470 e. The lowest BCUT2D eigenvalue weighted by Crippen LogP contribution is -2.39. The van der Waals surface area contributed by atoms with Gasteiger partial charge in [0.2, 0.25) is 15.9 Å². The molecule has 1 unspecified atom stereocenters. The summed E-state index contributed by atoms with van der Waals surface area (Å²) in [4.78, 5) is 0.0908. The number of ether oxygens (including phenoxy) is 1. The molecule has 3 rings (SSSR count). The van der Waals surface area contributed by atoms with Crippen LogP contribution in [0.4, 0.5) is 13.2 Å². The van der Waals surface area contributed by atoms with E-state index in [2.05, 4.69) is 10.2 Å². The summed E-state index contributed by atoms with van der Waals surface area (Å²) in [6.07, 6.45) is -3.78. The quantitative estimate of drug-likeness (QED) is 0.760. The van der Waals surface area contributed by atoms with Crippen molar-refractivity contribution in [2.24, 2.45) is 0 Å². The van der Waals surface area contributed by atoms with Gasteiger partial charge < -0.3 is 9.15 Å². The normalized spacial score (nSPS) is 19.2. The Bertz CT molecular complexity index is 881. The molecule has 0 spiro atoms. The maximum atomic E-state index is 12.8. The van der Waals surface area contributed by atoms with Gasteiger partial charge in [-0.3, -0.25) is 0 Å². The van der Waals surface area contributed by atoms with Gasteiger partial charge in [-0.25, -0.2) is 8.42 Å². The average molecular weight is 405 g/mol. The SMILES string of the molecule is CCOc1ccc(S(=O)(=O)N2CCCC(c3nnc(C(F)(F)F)o3)C2)cc1. The van der Waals surface area contributed by atoms with Crippen LogP contribution < -0.4 is 4.74 Å². The van der Waals surface area contributed by atoms with Gasteiger partial charge in [0.25, 0.3) is 0 Å². The maximum absolute atomic E-state index is 12.8. The maximum Gasteiger partial charge on any atom is 0.470 e. The van der Waals surface area contributed by atoms with Crippen LogP contribution in [0.3, 0.4) is 0 Å². The predicted molar refractivity (Wildman–Crippen MR) is 87.6 cm³/mol. The lowest BCUT2D eigenvalue weighted by atomic mass is 10.00. The molecule has 1 aliphatic rings. The molecule has 1 atom stereocenters. The molecular weight excluding hydrogens is 387 g/mol. The zero-order valence-corrected chi connectivity index (χ0v) is 15.3. The molecule has 0 radical (unpaired) electrons. The van der Waals surface area contributed by atoms with E-state index in [1.165, 1.54) is 16.4 Å². The minimum atomic E-state index is -4.73. The van der Waals surface area contributed by atoms with Crippen molar-refractivity contribution < 1.29 is 30.7 Å². The Balaban J connectivity index is 1.77. The number of hydrogen-bond donors (Lipinski definition) is 0. The Labute approximate surface area is 154 Å². The molecule has 1 fully saturated rings. The van der Waals surface area contributed by atoms with E-state index in [9.17, 15) is 21.6 Å². The molecule has 1 aromatic heterocycles. The van der Waals surface area contributed by atoms with Crippen molar-refractivity contribution in [1.82, 2.24) is 14.5 Å². The van der Waals surface area contributed by atoms with Crippen molar-refractivity contribution in [2.45, 2.75) is 36.8 Å². The van der Waals surface area contributed by atoms with Crippen LogP contribution in [0.15, 0.2) is 33.6 Å². The minimum absolute atomic E-state index is 0.0188. The highest BCUT2D eigenvalue weighted by atomic mass is 32.2. The van der Waals surface area contributed by atoms with Gasteiger partial charge in [-0.2, -0.15) is 17.5 Å². The molecular formula is C16H18F3N3O4S. The summed E-state index contributed by atoms with van der Waals surface area (Å²) in [5.74, 6) is -1.66. The molecule has 0 bridgehead atoms. The molecule has 0 aliphatic carbocycles. The Morgan fingerprint density at radius 1 is 1.26 bits per heavy atom. The first-order chi connectivity index (χ1) is 12.7. The second kappa shape index (κ2) is 7.47. The van der Waals surface area contributed by atoms with Crippen LogP contribution in [0.5, 0.6) is 5.75 Å². The van der Waals surface area contributed by atoms with Crippen molar-refractivity contribution >= 4 is 10.0 Å². The number of nitrogens with zero attached hydrogens (tertiary/aromatic N) is 3. The molecule has 0 N–H and O–H groups in total. The first-order valence-corrected chi connectivity index (χ1v) is 9.79. The molecule has 0 amide bonds. The fourth-order valence-electron chi connectivity index (χ4n) is 2.90. The summed E-state index contributed by atoms with van der Waals surface area (Å²) in [6, 6.07) is 6.01. The van der Waals surface area contributed by atoms with Gasteiger partial charge in [-0.1, -0.05) is 0 Å². The third kappa shape index (κ3) is 4.24. The van der Waals surface area contributed by atoms with E-state index in [0.29, 0.717) is 25.2 Å². The Hall–Kier alpha value is -2.14. The van der Waals surface area contributed by atoms with Crippen LogP contribution in [0.1, 0.15) is 37.5 Å². The molecule has 148 valence electrons. The van der Waals surface area contributed by atoms with Gasteiger partial charge in [-0.05, 0) is 44.0 Å². The van der Waals surface area contributed by atoms with Crippen LogP contribution >= 0.6 is 0 Å². The second-order valence-electron chi connectivity index (χ2n) is 6.05. The topological polar surface area (TPSA) is 85.5 Å². The van der Waals surface area contributed by atoms with Crippen LogP contribution in [0.25, 0.3) is 0 Å². The number of alkyl halides is 3. The van der Waals surface area contributed by atoms with E-state index in [1.807, 2.05) is 6.92 Å². The van der Waals surface area contributed by atoms with E-state index in [-0.39, 0.29) is 23.9 Å². The summed E-state index contributed by atoms with van der Waals surface area (Å²) in [5, 5.41) is 6.46. The second-order valence-corrected chi connectivity index (χ2v) is 7.99. The number of sulfonamides is 1. The number of halogens is 3. The van der Waals surface area contributed by atoms with Crippen molar-refractivity contribution in [2.75, 3.05) is 19.7 Å². The molecule has 2 heterocycles. The number of hydrogen-bond acceptors (Lipinski definition) is 6. The third-order valence-corrected chi connectivity index (χ3v) is 6.07. The van der Waals surface area contributed by atoms with Crippen LogP contribution in [-0.4, -0.2) is 42.6 Å². The monoisotopic (exact) mass is 405 g/mol. The lowest BCUT2D eigenvalue weighted by molar-refractivity contribution is -0.157. The van der Waals surface area contributed by atoms with Gasteiger partial charge in [0, 0.05) is 13.1 Å². The summed E-state index contributed by atoms with van der Waals surface area (Å²) >= 11 is 0. The fraction of sp³-hybridized carbons (Fsp3) is 0.500. The van der Waals surface area contributed by atoms with E-state index in [1.54, 1.807) is 12.1 Å². The van der Waals surface area contributed by atoms with Crippen molar-refractivity contribution in [1.29, 1.82) is 0 Å². The van der Waals surface area contributed by atoms with Crippen molar-refractivity contribution in [3.63, 3.8) is 0 Å². The number of rotatable bonds is 5. The number of piperidine rings is 1. The molecule has 7 nitrogen and oxygen atoms in total. The first kappa shape index (κ1) is 19.6. The van der Waals surface area contributed by atoms with Crippen LogP contribution in [-0.2, 0) is 16.2 Å². The largest absolute Gasteiger partial charge is 0.494 e. The molecule has 27 heavy (non-hydrogen) atoms. The van der Waals surface area contributed by atoms with E-state index < -0.39 is 28.0 Å². The van der Waals surface area contributed by atoms with Gasteiger partial charge in [0.1, 0.15) is 5.75 Å². The third-order valence-electron chi connectivity index (χ3n) is 4.19. The van der Waals surface area contributed by atoms with Gasteiger partial charge in [-0.15, -0.1) is 10.2 Å². The van der Waals surface area contributed by atoms with Gasteiger partial charge in [0.05, 0.1) is 17.4 Å². The summed E-state index contributed by atoms with van der Waals surface area (Å²) in [6.45, 7) is 2.53. The zero-order valence-electron chi connectivity index (χ0n) is 14.4. The summed E-state index contributed by atoms with van der Waals surface area (Å²) in [7, 11) is -3.79. The summed E-state index contributed by atoms with van der Waals surface area (Å²) in [5.41, 5.74) is 0. The highest BCUT2D eigenvalue weighted by Crippen LogP contribution is 2.33. The van der Waals surface area contributed by atoms with Crippen LogP contribution in [0, 0.1) is 0 Å². The number of aromatic nitrogens is 2. The van der Waals surface area contributed by atoms with Gasteiger partial charge >= 0.3 is 12.1 Å². The van der Waals surface area contributed by atoms with E-state index in [4.69, 9.17) is 9.15 Å². The molecule has 1 aliphatic heterocycles. The van der Waals surface area contributed by atoms with E-state index >= 15 is 0 Å². The standard InChI is InChI=1S/C16H18F3N3O4S/c1-2-25-12-5-7-13(8-6-12)27(23,24)22-9-3-4-11(10-22)14-20-21-15(26-14)16(17,18)19/h5-8,11H,2-4,9-10H2,1H3. The average Bonchev–Trinajstić information content (AvgIpc) is 3.13. The Morgan fingerprint density at radius 2 is 1.96 bits per heavy atom. The lowest BCUT2D eigenvalue weighted by Gasteiger charge is -2.30. The fourth-order valence-corrected chi connectivity index (χ4v) is 4.42. The van der Waals surface area contributed by atoms with Crippen molar-refractivity contribution in [3.05, 3.63) is 36.0 Å². The summed E-state index contributed by atoms with van der Waals surface area (Å²) < 4.78 is 74.8. The molecule has 0 saturated carbocycles. The number of benzene rings is 1. The highest BCUT2D eigenvalue weighted by molar-refractivity contribution is 7.89. The molecule has 2 aromatic rings. The molecule has 11 heteroatoms. The first-order valence-electron chi connectivity index (χ1n) is 8.35. The Kier molecular flexibility index (Phi) is 5.43. The minimum Gasteiger partial charge on any atom is -0.494 e.